The Hall–Kier alpha value is -4.79. The molecule has 304 valence electrons. The number of aryl methyl sites for hydroxylation is 7. The Morgan fingerprint density at radius 1 is 0.333 bits per heavy atom. The third kappa shape index (κ3) is 14.7. The van der Waals surface area contributed by atoms with Crippen molar-refractivity contribution in [3.05, 3.63) is 235 Å². The van der Waals surface area contributed by atoms with Crippen molar-refractivity contribution >= 4 is 40.9 Å². The van der Waals surface area contributed by atoms with Crippen LogP contribution in [0.1, 0.15) is 55.6 Å². The predicted octanol–water partition coefficient (Wildman–Crippen LogP) is 14.3. The van der Waals surface area contributed by atoms with Gasteiger partial charge in [-0.15, -0.1) is 36.7 Å². The normalized spacial score (nSPS) is 10.4. The van der Waals surface area contributed by atoms with Crippen molar-refractivity contribution in [3.63, 3.8) is 0 Å². The molecule has 0 radical (unpaired) electrons. The van der Waals surface area contributed by atoms with Gasteiger partial charge in [0.05, 0.1) is 7.92 Å². The van der Waals surface area contributed by atoms with Gasteiger partial charge in [-0.1, -0.05) is 178 Å². The third-order valence-corrected chi connectivity index (χ3v) is 12.8. The molecule has 60 heavy (non-hydrogen) atoms. The van der Waals surface area contributed by atoms with E-state index >= 15 is 0 Å². The number of nitrogens with zero attached hydrogens (tertiary/aromatic N) is 4. The Labute approximate surface area is 381 Å². The zero-order valence-electron chi connectivity index (χ0n) is 36.9. The minimum Gasteiger partial charge on any atom is -0.681 e. The topological polar surface area (TPSA) is 56.4 Å². The molecule has 0 aliphatic rings. The largest absolute Gasteiger partial charge is 4.00 e. The molecule has 0 aliphatic heterocycles. The summed E-state index contributed by atoms with van der Waals surface area (Å²) in [4.78, 5) is 0. The van der Waals surface area contributed by atoms with Crippen molar-refractivity contribution < 1.29 is 26.2 Å². The summed E-state index contributed by atoms with van der Waals surface area (Å²) in [7, 11) is 2.00. The fourth-order valence-electron chi connectivity index (χ4n) is 7.33. The van der Waals surface area contributed by atoms with Gasteiger partial charge in [0.2, 0.25) is 0 Å². The molecule has 0 N–H and O–H groups in total. The fourth-order valence-corrected chi connectivity index (χ4v) is 10.4. The predicted molar refractivity (Wildman–Crippen MR) is 261 cm³/mol. The van der Waals surface area contributed by atoms with Gasteiger partial charge < -0.3 is 21.3 Å². The molecule has 0 amide bonds. The van der Waals surface area contributed by atoms with Gasteiger partial charge in [0.25, 0.3) is 0 Å². The number of benzene rings is 7. The van der Waals surface area contributed by atoms with Crippen LogP contribution in [-0.2, 0) is 45.8 Å². The molecular formula is C54H60N4PZr+. The van der Waals surface area contributed by atoms with Gasteiger partial charge in [0, 0.05) is 0 Å². The maximum Gasteiger partial charge on any atom is 4.00 e. The van der Waals surface area contributed by atoms with Crippen molar-refractivity contribution in [2.75, 3.05) is 14.1 Å². The van der Waals surface area contributed by atoms with Crippen LogP contribution in [0.15, 0.2) is 158 Å². The quantitative estimate of drug-likeness (QED) is 0.110. The number of rotatable bonds is 12. The van der Waals surface area contributed by atoms with Crippen molar-refractivity contribution in [3.8, 4) is 0 Å². The molecule has 0 spiro atoms. The zero-order chi connectivity index (χ0) is 42.1. The van der Waals surface area contributed by atoms with E-state index < -0.39 is 7.92 Å². The second-order valence-electron chi connectivity index (χ2n) is 15.4. The van der Waals surface area contributed by atoms with Crippen LogP contribution < -0.4 is 15.9 Å². The van der Waals surface area contributed by atoms with Gasteiger partial charge >= 0.3 is 26.2 Å². The van der Waals surface area contributed by atoms with Crippen LogP contribution in [0.2, 0.25) is 0 Å². The maximum absolute atomic E-state index is 5.14. The molecule has 0 unspecified atom stereocenters. The molecule has 0 atom stereocenters. The first-order valence-electron chi connectivity index (χ1n) is 20.4. The summed E-state index contributed by atoms with van der Waals surface area (Å²) < 4.78 is 0. The van der Waals surface area contributed by atoms with Gasteiger partial charge in [-0.2, -0.15) is 14.1 Å². The average Bonchev–Trinajstić information content (AvgIpc) is 3.20. The van der Waals surface area contributed by atoms with Gasteiger partial charge in [0.1, 0.15) is 15.9 Å². The van der Waals surface area contributed by atoms with Crippen LogP contribution in [0.5, 0.6) is 0 Å². The molecule has 6 heteroatoms. The van der Waals surface area contributed by atoms with Crippen molar-refractivity contribution in [2.45, 2.75) is 68.1 Å². The molecular weight excluding hydrogens is 827 g/mol. The van der Waals surface area contributed by atoms with Crippen molar-refractivity contribution in [2.24, 2.45) is 0 Å². The molecule has 0 heterocycles. The maximum atomic E-state index is 5.14. The number of hydrogen-bond acceptors (Lipinski definition) is 0. The van der Waals surface area contributed by atoms with E-state index in [-0.39, 0.29) is 26.2 Å². The molecule has 7 aromatic rings. The Morgan fingerprint density at radius 3 is 0.833 bits per heavy atom. The summed E-state index contributed by atoms with van der Waals surface area (Å²) in [5, 5.41) is 23.0. The Kier molecular flexibility index (Phi) is 19.5. The molecule has 0 fully saturated rings. The smallest absolute Gasteiger partial charge is 0.681 e. The standard InChI is InChI=1S/C45H45N3P.C7H8.C2H6N.Zr/c1-31-19-32(2)23-40(22-31)46-28-37-13-7-10-16-43(37)49(44-17-11-8-14-38(44)29-47-41-24-33(3)20-34(4)25-41)45-18-12-9-15-39(45)30-48-42-26-35(5)21-36(6)27-42;1-7-5-3-2-4-6-7;1-3-2;/h7-27H,28-30H2,1-6H3;2-6H,1H3;1-2H3;/q-3;;-1;+4/p+1. The van der Waals surface area contributed by atoms with Crippen LogP contribution in [0.4, 0.5) is 17.1 Å². The Bertz CT molecular complexity index is 2100. The van der Waals surface area contributed by atoms with E-state index in [0.29, 0.717) is 19.6 Å². The average molecular weight is 887 g/mol. The molecule has 0 aromatic heterocycles. The van der Waals surface area contributed by atoms with E-state index in [1.54, 1.807) is 14.1 Å². The van der Waals surface area contributed by atoms with Gasteiger partial charge in [-0.25, -0.2) is 0 Å². The summed E-state index contributed by atoms with van der Waals surface area (Å²) in [6, 6.07) is 56.7. The van der Waals surface area contributed by atoms with Crippen LogP contribution in [0, 0.1) is 48.5 Å². The molecule has 0 saturated heterocycles. The van der Waals surface area contributed by atoms with E-state index in [1.807, 2.05) is 18.2 Å². The molecule has 7 rings (SSSR count). The van der Waals surface area contributed by atoms with Gasteiger partial charge in [-0.3, -0.25) is 0 Å². The third-order valence-electron chi connectivity index (χ3n) is 9.72. The summed E-state index contributed by atoms with van der Waals surface area (Å²) >= 11 is 0. The van der Waals surface area contributed by atoms with E-state index in [9.17, 15) is 0 Å². The Balaban J connectivity index is 0.000000640. The van der Waals surface area contributed by atoms with Crippen LogP contribution in [0.3, 0.4) is 0 Å². The second kappa shape index (κ2) is 24.5. The second-order valence-corrected chi connectivity index (χ2v) is 17.8. The van der Waals surface area contributed by atoms with E-state index in [2.05, 4.69) is 193 Å². The monoisotopic (exact) mass is 885 g/mol. The zero-order valence-corrected chi connectivity index (χ0v) is 40.4. The van der Waals surface area contributed by atoms with E-state index in [4.69, 9.17) is 16.0 Å². The minimum atomic E-state index is -1.50. The van der Waals surface area contributed by atoms with E-state index in [1.165, 1.54) is 71.5 Å². The summed E-state index contributed by atoms with van der Waals surface area (Å²) in [5.41, 5.74) is 15.6. The summed E-state index contributed by atoms with van der Waals surface area (Å²) in [6.07, 6.45) is 0. The van der Waals surface area contributed by atoms with Crippen LogP contribution in [0.25, 0.3) is 21.3 Å². The SMILES string of the molecule is C[N-]C.Cc1cc(C)cc([N-]Cc2ccccc2[PH+](c2ccccc2C[N-]c2cc(C)cc(C)c2)c2ccccc2C[N-]c2cc(C)cc(C)c2)c1.Cc1ccccc1.[Zr+4]. The first kappa shape index (κ1) is 47.9. The first-order chi connectivity index (χ1) is 28.5. The Morgan fingerprint density at radius 2 is 0.583 bits per heavy atom. The minimum absolute atomic E-state index is 0. The van der Waals surface area contributed by atoms with Crippen LogP contribution in [-0.4, -0.2) is 14.1 Å². The van der Waals surface area contributed by atoms with Gasteiger partial charge in [0.15, 0.2) is 0 Å². The fraction of sp³-hybridized carbons (Fsp3) is 0.222. The number of hydrogen-bond donors (Lipinski definition) is 0. The molecule has 0 bridgehead atoms. The summed E-state index contributed by atoms with van der Waals surface area (Å²) in [6.45, 7) is 16.8. The first-order valence-corrected chi connectivity index (χ1v) is 21.9. The molecule has 7 aromatic carbocycles. The van der Waals surface area contributed by atoms with E-state index in [0.717, 1.165) is 17.1 Å². The summed E-state index contributed by atoms with van der Waals surface area (Å²) in [5.74, 6) is 0. The van der Waals surface area contributed by atoms with Gasteiger partial charge in [-0.05, 0) is 83.4 Å². The molecule has 4 nitrogen and oxygen atoms in total. The molecule has 0 saturated carbocycles. The van der Waals surface area contributed by atoms with Crippen LogP contribution >= 0.6 is 7.92 Å². The van der Waals surface area contributed by atoms with Crippen molar-refractivity contribution in [1.29, 1.82) is 0 Å². The molecule has 0 aliphatic carbocycles. The van der Waals surface area contributed by atoms with Crippen molar-refractivity contribution in [1.82, 2.24) is 0 Å².